The molecule has 0 saturated carbocycles. The molecule has 2 N–H and O–H groups in total. The van der Waals surface area contributed by atoms with E-state index in [0.717, 1.165) is 23.5 Å². The monoisotopic (exact) mass is 281 g/mol. The fourth-order valence-electron chi connectivity index (χ4n) is 2.03. The normalized spacial score (nSPS) is 18.4. The summed E-state index contributed by atoms with van der Waals surface area (Å²) in [6.45, 7) is 4.71. The second-order valence-electron chi connectivity index (χ2n) is 4.80. The molecule has 1 saturated heterocycles. The largest absolute Gasteiger partial charge is 0.354 e. The summed E-state index contributed by atoms with van der Waals surface area (Å²) in [5.41, 5.74) is 1.10. The van der Waals surface area contributed by atoms with Crippen molar-refractivity contribution in [2.24, 2.45) is 0 Å². The van der Waals surface area contributed by atoms with E-state index in [0.29, 0.717) is 19.4 Å². The number of hydrogen-bond donors (Lipinski definition) is 2. The molecule has 6 heteroatoms. The van der Waals surface area contributed by atoms with E-state index in [2.05, 4.69) is 22.5 Å². The Hall–Kier alpha value is -1.43. The van der Waals surface area contributed by atoms with Crippen molar-refractivity contribution in [3.8, 4) is 0 Å². The molecule has 0 aliphatic carbocycles. The Bertz CT molecular complexity index is 465. The molecule has 1 aliphatic rings. The maximum atomic E-state index is 11.7. The average molecular weight is 281 g/mol. The van der Waals surface area contributed by atoms with Crippen molar-refractivity contribution in [3.05, 3.63) is 15.6 Å². The number of thiazole rings is 1. The molecule has 1 atom stereocenters. The van der Waals surface area contributed by atoms with Crippen molar-refractivity contribution in [2.45, 2.75) is 45.6 Å². The van der Waals surface area contributed by atoms with Crippen LogP contribution in [0.25, 0.3) is 0 Å². The van der Waals surface area contributed by atoms with Gasteiger partial charge >= 0.3 is 0 Å². The van der Waals surface area contributed by atoms with Gasteiger partial charge in [0.25, 0.3) is 0 Å². The Balaban J connectivity index is 1.66. The minimum Gasteiger partial charge on any atom is -0.354 e. The Morgan fingerprint density at radius 1 is 1.53 bits per heavy atom. The zero-order valence-electron chi connectivity index (χ0n) is 11.3. The fourth-order valence-corrected chi connectivity index (χ4v) is 3.01. The molecule has 2 heterocycles. The zero-order chi connectivity index (χ0) is 13.8. The van der Waals surface area contributed by atoms with Gasteiger partial charge in [-0.15, -0.1) is 11.3 Å². The van der Waals surface area contributed by atoms with Gasteiger partial charge in [-0.2, -0.15) is 0 Å². The Morgan fingerprint density at radius 2 is 2.32 bits per heavy atom. The highest BCUT2D eigenvalue weighted by atomic mass is 32.1. The third kappa shape index (κ3) is 3.76. The van der Waals surface area contributed by atoms with Gasteiger partial charge in [-0.3, -0.25) is 9.59 Å². The smallest absolute Gasteiger partial charge is 0.242 e. The predicted octanol–water partition coefficient (Wildman–Crippen LogP) is 1.09. The van der Waals surface area contributed by atoms with Gasteiger partial charge in [0.15, 0.2) is 0 Å². The fraction of sp³-hybridized carbons (Fsp3) is 0.615. The van der Waals surface area contributed by atoms with Gasteiger partial charge in [-0.1, -0.05) is 0 Å². The molecule has 0 aromatic carbocycles. The number of rotatable bonds is 5. The average Bonchev–Trinajstić information content (AvgIpc) is 2.92. The van der Waals surface area contributed by atoms with Gasteiger partial charge in [0.1, 0.15) is 6.04 Å². The lowest BCUT2D eigenvalue weighted by Crippen LogP contribution is -2.41. The predicted molar refractivity (Wildman–Crippen MR) is 74.1 cm³/mol. The summed E-state index contributed by atoms with van der Waals surface area (Å²) in [6.07, 6.45) is 2.82. The van der Waals surface area contributed by atoms with Crippen LogP contribution in [-0.2, 0) is 16.0 Å². The molecule has 0 unspecified atom stereocenters. The maximum absolute atomic E-state index is 11.7. The van der Waals surface area contributed by atoms with Gasteiger partial charge in [-0.25, -0.2) is 4.98 Å². The summed E-state index contributed by atoms with van der Waals surface area (Å²) in [4.78, 5) is 28.5. The number of amides is 2. The molecule has 0 radical (unpaired) electrons. The molecule has 5 nitrogen and oxygen atoms in total. The minimum absolute atomic E-state index is 0.0334. The quantitative estimate of drug-likeness (QED) is 0.794. The lowest BCUT2D eigenvalue weighted by atomic mass is 10.2. The SMILES string of the molecule is Cc1nc(CCCNC(=O)[C@@H]2CCC(=O)N2)sc1C. The molecular weight excluding hydrogens is 262 g/mol. The summed E-state index contributed by atoms with van der Waals surface area (Å²) < 4.78 is 0. The third-order valence-corrected chi connectivity index (χ3v) is 4.38. The molecule has 1 aromatic heterocycles. The standard InChI is InChI=1S/C13H19N3O2S/c1-8-9(2)19-12(15-8)4-3-7-14-13(18)10-5-6-11(17)16-10/h10H,3-7H2,1-2H3,(H,14,18)(H,16,17)/t10-/m0/s1. The summed E-state index contributed by atoms with van der Waals surface area (Å²) in [5.74, 6) is -0.105. The number of carbonyl (C=O) groups is 2. The van der Waals surface area contributed by atoms with Crippen LogP contribution in [0, 0.1) is 13.8 Å². The van der Waals surface area contributed by atoms with Crippen molar-refractivity contribution >= 4 is 23.2 Å². The van der Waals surface area contributed by atoms with E-state index in [-0.39, 0.29) is 17.9 Å². The van der Waals surface area contributed by atoms with Gasteiger partial charge < -0.3 is 10.6 Å². The molecule has 1 fully saturated rings. The summed E-state index contributed by atoms with van der Waals surface area (Å²) in [6, 6.07) is -0.336. The molecule has 2 rings (SSSR count). The van der Waals surface area contributed by atoms with Crippen LogP contribution in [0.3, 0.4) is 0 Å². The Labute approximate surface area is 116 Å². The van der Waals surface area contributed by atoms with Gasteiger partial charge in [0.2, 0.25) is 11.8 Å². The first-order chi connectivity index (χ1) is 9.06. The molecule has 0 bridgehead atoms. The number of hydrogen-bond acceptors (Lipinski definition) is 4. The second kappa shape index (κ2) is 6.14. The second-order valence-corrected chi connectivity index (χ2v) is 6.09. The summed E-state index contributed by atoms with van der Waals surface area (Å²) in [5, 5.41) is 6.65. The minimum atomic E-state index is -0.336. The molecule has 1 aromatic rings. The number of nitrogens with one attached hydrogen (secondary N) is 2. The lowest BCUT2D eigenvalue weighted by molar-refractivity contribution is -0.125. The maximum Gasteiger partial charge on any atom is 0.242 e. The highest BCUT2D eigenvalue weighted by Crippen LogP contribution is 2.17. The number of aromatic nitrogens is 1. The number of aryl methyl sites for hydroxylation is 3. The van der Waals surface area contributed by atoms with Crippen LogP contribution in [-0.4, -0.2) is 29.4 Å². The van der Waals surface area contributed by atoms with E-state index in [9.17, 15) is 9.59 Å². The van der Waals surface area contributed by atoms with Crippen molar-refractivity contribution in [2.75, 3.05) is 6.54 Å². The lowest BCUT2D eigenvalue weighted by Gasteiger charge is -2.10. The summed E-state index contributed by atoms with van der Waals surface area (Å²) >= 11 is 1.72. The highest BCUT2D eigenvalue weighted by Gasteiger charge is 2.26. The van der Waals surface area contributed by atoms with Gasteiger partial charge in [-0.05, 0) is 26.7 Å². The first-order valence-corrected chi connectivity index (χ1v) is 7.38. The highest BCUT2D eigenvalue weighted by molar-refractivity contribution is 7.11. The molecule has 19 heavy (non-hydrogen) atoms. The van der Waals surface area contributed by atoms with E-state index >= 15 is 0 Å². The first-order valence-electron chi connectivity index (χ1n) is 6.56. The van der Waals surface area contributed by atoms with Crippen LogP contribution >= 0.6 is 11.3 Å². The number of carbonyl (C=O) groups excluding carboxylic acids is 2. The van der Waals surface area contributed by atoms with Crippen molar-refractivity contribution < 1.29 is 9.59 Å². The van der Waals surface area contributed by atoms with E-state index in [4.69, 9.17) is 0 Å². The van der Waals surface area contributed by atoms with Crippen LogP contribution in [0.4, 0.5) is 0 Å². The molecule has 0 spiro atoms. The van der Waals surface area contributed by atoms with Crippen LogP contribution in [0.5, 0.6) is 0 Å². The van der Waals surface area contributed by atoms with Crippen LogP contribution in [0.1, 0.15) is 34.8 Å². The van der Waals surface area contributed by atoms with Crippen molar-refractivity contribution in [1.29, 1.82) is 0 Å². The molecule has 2 amide bonds. The van der Waals surface area contributed by atoms with Crippen LogP contribution in [0.2, 0.25) is 0 Å². The Kier molecular flexibility index (Phi) is 4.52. The van der Waals surface area contributed by atoms with Crippen molar-refractivity contribution in [1.82, 2.24) is 15.6 Å². The zero-order valence-corrected chi connectivity index (χ0v) is 12.1. The number of nitrogens with zero attached hydrogens (tertiary/aromatic N) is 1. The van der Waals surface area contributed by atoms with E-state index in [1.165, 1.54) is 4.88 Å². The molecule has 104 valence electrons. The van der Waals surface area contributed by atoms with Crippen LogP contribution < -0.4 is 10.6 Å². The van der Waals surface area contributed by atoms with Crippen LogP contribution in [0.15, 0.2) is 0 Å². The molecular formula is C13H19N3O2S. The van der Waals surface area contributed by atoms with E-state index in [1.54, 1.807) is 11.3 Å². The first kappa shape index (κ1) is 14.0. The van der Waals surface area contributed by atoms with Crippen molar-refractivity contribution in [3.63, 3.8) is 0 Å². The van der Waals surface area contributed by atoms with Gasteiger partial charge in [0, 0.05) is 24.3 Å². The third-order valence-electron chi connectivity index (χ3n) is 3.25. The molecule has 1 aliphatic heterocycles. The van der Waals surface area contributed by atoms with Gasteiger partial charge in [0.05, 0.1) is 10.7 Å². The van der Waals surface area contributed by atoms with E-state index < -0.39 is 0 Å². The Morgan fingerprint density at radius 3 is 2.89 bits per heavy atom. The van der Waals surface area contributed by atoms with E-state index in [1.807, 2.05) is 6.92 Å². The topological polar surface area (TPSA) is 71.1 Å². The summed E-state index contributed by atoms with van der Waals surface area (Å²) in [7, 11) is 0.